The van der Waals surface area contributed by atoms with Crippen LogP contribution in [-0.4, -0.2) is 43.0 Å². The van der Waals surface area contributed by atoms with Crippen LogP contribution in [0.15, 0.2) is 46.9 Å². The van der Waals surface area contributed by atoms with Crippen LogP contribution in [0.3, 0.4) is 0 Å². The van der Waals surface area contributed by atoms with Gasteiger partial charge in [0, 0.05) is 30.0 Å². The Kier molecular flexibility index (Phi) is 7.33. The van der Waals surface area contributed by atoms with Gasteiger partial charge in [-0.1, -0.05) is 28.1 Å². The number of morpholine rings is 1. The molecule has 1 saturated heterocycles. The van der Waals surface area contributed by atoms with Crippen LogP contribution in [-0.2, 0) is 9.53 Å². The van der Waals surface area contributed by atoms with Gasteiger partial charge >= 0.3 is 0 Å². The molecule has 0 radical (unpaired) electrons. The Labute approximate surface area is 176 Å². The third kappa shape index (κ3) is 5.83. The number of halogens is 3. The molecule has 2 aromatic rings. The average molecular weight is 467 g/mol. The zero-order valence-electron chi connectivity index (χ0n) is 15.7. The minimum absolute atomic E-state index is 0.0161. The van der Waals surface area contributed by atoms with Crippen LogP contribution in [0.5, 0.6) is 0 Å². The van der Waals surface area contributed by atoms with E-state index in [1.54, 1.807) is 4.90 Å². The summed E-state index contributed by atoms with van der Waals surface area (Å²) in [7, 11) is 0. The first kappa shape index (κ1) is 21.4. The number of amides is 2. The standard InChI is InChI=1S/C21H21BrF2N2O3/c22-15-5-3-14(4-6-15)19-13-26(10-11-29-19)20(27)2-1-9-25-21(28)17-8-7-16(23)12-18(17)24/h3-8,12,19H,1-2,9-11,13H2,(H,25,28). The van der Waals surface area contributed by atoms with Gasteiger partial charge in [-0.05, 0) is 36.2 Å². The molecule has 0 bridgehead atoms. The van der Waals surface area contributed by atoms with E-state index < -0.39 is 17.5 Å². The van der Waals surface area contributed by atoms with Crippen molar-refractivity contribution in [1.82, 2.24) is 10.2 Å². The van der Waals surface area contributed by atoms with Crippen LogP contribution in [0.25, 0.3) is 0 Å². The lowest BCUT2D eigenvalue weighted by atomic mass is 10.1. The highest BCUT2D eigenvalue weighted by molar-refractivity contribution is 9.10. The summed E-state index contributed by atoms with van der Waals surface area (Å²) >= 11 is 3.40. The van der Waals surface area contributed by atoms with Crippen LogP contribution in [0, 0.1) is 11.6 Å². The lowest BCUT2D eigenvalue weighted by Crippen LogP contribution is -2.42. The highest BCUT2D eigenvalue weighted by Crippen LogP contribution is 2.24. The molecule has 5 nitrogen and oxygen atoms in total. The van der Waals surface area contributed by atoms with E-state index in [2.05, 4.69) is 21.2 Å². The smallest absolute Gasteiger partial charge is 0.254 e. The summed E-state index contributed by atoms with van der Waals surface area (Å²) in [5.74, 6) is -2.29. The molecule has 1 aliphatic rings. The van der Waals surface area contributed by atoms with Crippen molar-refractivity contribution < 1.29 is 23.1 Å². The second-order valence-electron chi connectivity index (χ2n) is 6.73. The summed E-state index contributed by atoms with van der Waals surface area (Å²) in [5, 5.41) is 2.56. The number of carbonyl (C=O) groups is 2. The number of nitrogens with one attached hydrogen (secondary N) is 1. The summed E-state index contributed by atoms with van der Waals surface area (Å²) in [5.41, 5.74) is 0.794. The zero-order chi connectivity index (χ0) is 20.8. The largest absolute Gasteiger partial charge is 0.370 e. The van der Waals surface area contributed by atoms with E-state index in [1.807, 2.05) is 24.3 Å². The molecule has 3 rings (SSSR count). The lowest BCUT2D eigenvalue weighted by Gasteiger charge is -2.33. The van der Waals surface area contributed by atoms with E-state index >= 15 is 0 Å². The minimum Gasteiger partial charge on any atom is -0.370 e. The highest BCUT2D eigenvalue weighted by atomic mass is 79.9. The number of carbonyl (C=O) groups excluding carboxylic acids is 2. The summed E-state index contributed by atoms with van der Waals surface area (Å²) in [6, 6.07) is 10.6. The molecule has 1 fully saturated rings. The molecule has 1 unspecified atom stereocenters. The summed E-state index contributed by atoms with van der Waals surface area (Å²) in [6.45, 7) is 1.70. The van der Waals surface area contributed by atoms with Gasteiger partial charge in [-0.2, -0.15) is 0 Å². The van der Waals surface area contributed by atoms with Crippen LogP contribution in [0.2, 0.25) is 0 Å². The molecule has 1 atom stereocenters. The third-order valence-electron chi connectivity index (χ3n) is 4.69. The van der Waals surface area contributed by atoms with Crippen LogP contribution >= 0.6 is 15.9 Å². The van der Waals surface area contributed by atoms with Crippen molar-refractivity contribution in [3.05, 3.63) is 69.7 Å². The van der Waals surface area contributed by atoms with Crippen molar-refractivity contribution in [3.8, 4) is 0 Å². The van der Waals surface area contributed by atoms with Gasteiger partial charge in [0.15, 0.2) is 0 Å². The van der Waals surface area contributed by atoms with Crippen LogP contribution in [0.1, 0.15) is 34.9 Å². The quantitative estimate of drug-likeness (QED) is 0.658. The first-order valence-electron chi connectivity index (χ1n) is 9.32. The zero-order valence-corrected chi connectivity index (χ0v) is 17.3. The molecule has 8 heteroatoms. The Balaban J connectivity index is 1.44. The number of ether oxygens (including phenoxy) is 1. The normalized spacial score (nSPS) is 16.5. The maximum atomic E-state index is 13.6. The Morgan fingerprint density at radius 1 is 1.17 bits per heavy atom. The highest BCUT2D eigenvalue weighted by Gasteiger charge is 2.25. The molecule has 0 saturated carbocycles. The van der Waals surface area contributed by atoms with E-state index in [4.69, 9.17) is 4.74 Å². The van der Waals surface area contributed by atoms with Crippen molar-refractivity contribution in [2.45, 2.75) is 18.9 Å². The summed E-state index contributed by atoms with van der Waals surface area (Å²) in [4.78, 5) is 26.2. The van der Waals surface area contributed by atoms with Crippen molar-refractivity contribution >= 4 is 27.7 Å². The second kappa shape index (κ2) is 9.93. The fourth-order valence-electron chi connectivity index (χ4n) is 3.12. The van der Waals surface area contributed by atoms with Gasteiger partial charge in [0.2, 0.25) is 5.91 Å². The van der Waals surface area contributed by atoms with Gasteiger partial charge in [0.05, 0.1) is 18.7 Å². The molecule has 29 heavy (non-hydrogen) atoms. The lowest BCUT2D eigenvalue weighted by molar-refractivity contribution is -0.139. The van der Waals surface area contributed by atoms with E-state index in [1.165, 1.54) is 0 Å². The Hall–Kier alpha value is -2.32. The summed E-state index contributed by atoms with van der Waals surface area (Å²) in [6.07, 6.45) is 0.523. The van der Waals surface area contributed by atoms with Crippen LogP contribution < -0.4 is 5.32 Å². The van der Waals surface area contributed by atoms with Gasteiger partial charge in [0.25, 0.3) is 5.91 Å². The molecule has 0 aromatic heterocycles. The number of rotatable bonds is 6. The predicted octanol–water partition coefficient (Wildman–Crippen LogP) is 3.84. The number of hydrogen-bond acceptors (Lipinski definition) is 3. The molecule has 1 heterocycles. The van der Waals surface area contributed by atoms with Gasteiger partial charge in [0.1, 0.15) is 17.7 Å². The van der Waals surface area contributed by atoms with E-state index in [-0.39, 0.29) is 30.5 Å². The molecular weight excluding hydrogens is 446 g/mol. The average Bonchev–Trinajstić information content (AvgIpc) is 2.71. The van der Waals surface area contributed by atoms with Crippen molar-refractivity contribution in [3.63, 3.8) is 0 Å². The molecule has 2 aromatic carbocycles. The van der Waals surface area contributed by atoms with E-state index in [0.717, 1.165) is 22.2 Å². The SMILES string of the molecule is O=C(NCCCC(=O)N1CCOC(c2ccc(Br)cc2)C1)c1ccc(F)cc1F. The monoisotopic (exact) mass is 466 g/mol. The Morgan fingerprint density at radius 2 is 1.93 bits per heavy atom. The maximum Gasteiger partial charge on any atom is 0.254 e. The Bertz CT molecular complexity index is 877. The first-order chi connectivity index (χ1) is 13.9. The maximum absolute atomic E-state index is 13.6. The van der Waals surface area contributed by atoms with Crippen LogP contribution in [0.4, 0.5) is 8.78 Å². The summed E-state index contributed by atoms with van der Waals surface area (Å²) < 4.78 is 33.3. The third-order valence-corrected chi connectivity index (χ3v) is 5.22. The molecule has 154 valence electrons. The van der Waals surface area contributed by atoms with Gasteiger partial charge in [-0.25, -0.2) is 8.78 Å². The van der Waals surface area contributed by atoms with Gasteiger partial charge < -0.3 is 15.0 Å². The molecule has 0 spiro atoms. The number of hydrogen-bond donors (Lipinski definition) is 1. The fourth-order valence-corrected chi connectivity index (χ4v) is 3.39. The molecule has 1 aliphatic heterocycles. The topological polar surface area (TPSA) is 58.6 Å². The number of benzene rings is 2. The number of nitrogens with zero attached hydrogens (tertiary/aromatic N) is 1. The molecule has 0 aliphatic carbocycles. The van der Waals surface area contributed by atoms with Crippen molar-refractivity contribution in [2.75, 3.05) is 26.2 Å². The minimum atomic E-state index is -0.911. The molecule has 1 N–H and O–H groups in total. The predicted molar refractivity (Wildman–Crippen MR) is 107 cm³/mol. The molecular formula is C21H21BrF2N2O3. The second-order valence-corrected chi connectivity index (χ2v) is 7.65. The van der Waals surface area contributed by atoms with Gasteiger partial charge in [-0.15, -0.1) is 0 Å². The van der Waals surface area contributed by atoms with Gasteiger partial charge in [-0.3, -0.25) is 9.59 Å². The first-order valence-corrected chi connectivity index (χ1v) is 10.1. The van der Waals surface area contributed by atoms with E-state index in [9.17, 15) is 18.4 Å². The van der Waals surface area contributed by atoms with Crippen molar-refractivity contribution in [1.29, 1.82) is 0 Å². The van der Waals surface area contributed by atoms with E-state index in [0.29, 0.717) is 32.2 Å². The molecule has 2 amide bonds. The fraction of sp³-hybridized carbons (Fsp3) is 0.333. The Morgan fingerprint density at radius 3 is 2.66 bits per heavy atom. The van der Waals surface area contributed by atoms with Crippen molar-refractivity contribution in [2.24, 2.45) is 0 Å².